The molecule has 0 aliphatic rings. The number of para-hydroxylation sites is 1. The molecule has 0 bridgehead atoms. The number of nitrogens with zero attached hydrogens (tertiary/aromatic N) is 1. The molecule has 0 saturated carbocycles. The van der Waals surface area contributed by atoms with E-state index in [4.69, 9.17) is 0 Å². The average molecular weight is 295 g/mol. The van der Waals surface area contributed by atoms with Gasteiger partial charge in [-0.3, -0.25) is 0 Å². The minimum atomic E-state index is 0.759. The molecule has 0 atom stereocenters. The summed E-state index contributed by atoms with van der Waals surface area (Å²) < 4.78 is 2.34. The highest BCUT2D eigenvalue weighted by atomic mass is 14.9. The number of hydrogen-bond donors (Lipinski definition) is 0. The fourth-order valence-electron chi connectivity index (χ4n) is 2.70. The summed E-state index contributed by atoms with van der Waals surface area (Å²) in [5.74, 6) is 0.759. The number of aromatic nitrogens is 1. The third-order valence-corrected chi connectivity index (χ3v) is 4.07. The van der Waals surface area contributed by atoms with Crippen molar-refractivity contribution in [2.75, 3.05) is 0 Å². The molecule has 0 fully saturated rings. The molecule has 0 radical (unpaired) electrons. The zero-order valence-corrected chi connectivity index (χ0v) is 14.5. The highest BCUT2D eigenvalue weighted by molar-refractivity contribution is 5.79. The minimum Gasteiger partial charge on any atom is -0.343 e. The van der Waals surface area contributed by atoms with E-state index in [-0.39, 0.29) is 0 Å². The lowest BCUT2D eigenvalue weighted by atomic mass is 10.0. The maximum atomic E-state index is 2.40. The molecule has 0 unspecified atom stereocenters. The quantitative estimate of drug-likeness (QED) is 0.524. The van der Waals surface area contributed by atoms with Crippen LogP contribution in [0.25, 0.3) is 10.9 Å². The predicted molar refractivity (Wildman–Crippen MR) is 98.1 cm³/mol. The van der Waals surface area contributed by atoms with Gasteiger partial charge >= 0.3 is 0 Å². The van der Waals surface area contributed by atoms with E-state index in [0.717, 1.165) is 18.9 Å². The molecule has 0 N–H and O–H groups in total. The molecule has 1 nitrogen and oxygen atoms in total. The monoisotopic (exact) mass is 295 g/mol. The van der Waals surface area contributed by atoms with Crippen molar-refractivity contribution in [2.24, 2.45) is 5.92 Å². The van der Waals surface area contributed by atoms with Crippen LogP contribution in [0.5, 0.6) is 0 Å². The molecular formula is C21H29N. The van der Waals surface area contributed by atoms with Gasteiger partial charge in [0.2, 0.25) is 0 Å². The number of allylic oxidation sites excluding steroid dienone is 4. The summed E-state index contributed by atoms with van der Waals surface area (Å²) in [6, 6.07) is 10.8. The highest BCUT2D eigenvalue weighted by Crippen LogP contribution is 2.17. The Kier molecular flexibility index (Phi) is 6.06. The van der Waals surface area contributed by atoms with Crippen LogP contribution in [0.1, 0.15) is 47.0 Å². The van der Waals surface area contributed by atoms with Crippen molar-refractivity contribution < 1.29 is 0 Å². The van der Waals surface area contributed by atoms with Crippen LogP contribution in [-0.4, -0.2) is 4.57 Å². The van der Waals surface area contributed by atoms with Crippen molar-refractivity contribution in [1.29, 1.82) is 0 Å². The second-order valence-electron chi connectivity index (χ2n) is 6.77. The average Bonchev–Trinajstić information content (AvgIpc) is 2.88. The Morgan fingerprint density at radius 2 is 1.82 bits per heavy atom. The predicted octanol–water partition coefficient (Wildman–Crippen LogP) is 6.36. The summed E-state index contributed by atoms with van der Waals surface area (Å²) in [5, 5.41) is 1.32. The van der Waals surface area contributed by atoms with Crippen molar-refractivity contribution in [3.63, 3.8) is 0 Å². The summed E-state index contributed by atoms with van der Waals surface area (Å²) in [6.07, 6.45) is 10.5. The molecule has 2 aromatic rings. The standard InChI is InChI=1S/C21H29N/c1-17(2)12-13-18(3)8-7-9-19(4)16-22-15-14-20-10-5-6-11-21(20)22/h5-6,9-11,13-15,17H,7-8,12,16H2,1-4H3/b18-13+,19-9+. The molecule has 2 rings (SSSR count). The Balaban J connectivity index is 1.89. The molecule has 118 valence electrons. The van der Waals surface area contributed by atoms with Gasteiger partial charge in [-0.15, -0.1) is 0 Å². The highest BCUT2D eigenvalue weighted by Gasteiger charge is 2.00. The molecular weight excluding hydrogens is 266 g/mol. The zero-order chi connectivity index (χ0) is 15.9. The van der Waals surface area contributed by atoms with Crippen LogP contribution in [-0.2, 0) is 6.54 Å². The van der Waals surface area contributed by atoms with E-state index in [9.17, 15) is 0 Å². The molecule has 22 heavy (non-hydrogen) atoms. The van der Waals surface area contributed by atoms with E-state index in [1.165, 1.54) is 34.9 Å². The van der Waals surface area contributed by atoms with Gasteiger partial charge in [0.15, 0.2) is 0 Å². The van der Waals surface area contributed by atoms with Gasteiger partial charge < -0.3 is 4.57 Å². The van der Waals surface area contributed by atoms with Gasteiger partial charge in [0.25, 0.3) is 0 Å². The maximum Gasteiger partial charge on any atom is 0.0483 e. The second kappa shape index (κ2) is 8.03. The Morgan fingerprint density at radius 3 is 2.59 bits per heavy atom. The van der Waals surface area contributed by atoms with E-state index in [2.05, 4.69) is 80.9 Å². The largest absolute Gasteiger partial charge is 0.343 e. The summed E-state index contributed by atoms with van der Waals surface area (Å²) in [4.78, 5) is 0. The molecule has 0 amide bonds. The first-order valence-electron chi connectivity index (χ1n) is 8.41. The van der Waals surface area contributed by atoms with Gasteiger partial charge in [0.1, 0.15) is 0 Å². The van der Waals surface area contributed by atoms with Crippen LogP contribution in [0.2, 0.25) is 0 Å². The second-order valence-corrected chi connectivity index (χ2v) is 6.77. The van der Waals surface area contributed by atoms with Crippen LogP contribution in [0, 0.1) is 5.92 Å². The first-order chi connectivity index (χ1) is 10.6. The number of fused-ring (bicyclic) bond motifs is 1. The molecule has 0 saturated heterocycles. The first-order valence-corrected chi connectivity index (χ1v) is 8.41. The SMILES string of the molecule is C/C(=C\CC(C)C)CC/C=C(\C)Cn1ccc2ccccc21. The molecule has 1 heteroatoms. The first kappa shape index (κ1) is 16.6. The van der Waals surface area contributed by atoms with Crippen LogP contribution >= 0.6 is 0 Å². The third kappa shape index (κ3) is 4.91. The van der Waals surface area contributed by atoms with Crippen molar-refractivity contribution in [3.05, 3.63) is 59.8 Å². The van der Waals surface area contributed by atoms with Crippen LogP contribution in [0.4, 0.5) is 0 Å². The summed E-state index contributed by atoms with van der Waals surface area (Å²) >= 11 is 0. The lowest BCUT2D eigenvalue weighted by Gasteiger charge is -2.07. The van der Waals surface area contributed by atoms with Gasteiger partial charge in [-0.1, -0.05) is 55.3 Å². The normalized spacial score (nSPS) is 13.3. The van der Waals surface area contributed by atoms with E-state index in [0.29, 0.717) is 0 Å². The smallest absolute Gasteiger partial charge is 0.0483 e. The topological polar surface area (TPSA) is 4.93 Å². The Bertz CT molecular complexity index is 655. The Morgan fingerprint density at radius 1 is 1.05 bits per heavy atom. The lowest BCUT2D eigenvalue weighted by Crippen LogP contribution is -1.97. The van der Waals surface area contributed by atoms with Crippen LogP contribution < -0.4 is 0 Å². The lowest BCUT2D eigenvalue weighted by molar-refractivity contribution is 0.659. The van der Waals surface area contributed by atoms with E-state index < -0.39 is 0 Å². The molecule has 1 heterocycles. The summed E-state index contributed by atoms with van der Waals surface area (Å²) in [6.45, 7) is 10.0. The number of benzene rings is 1. The van der Waals surface area contributed by atoms with E-state index >= 15 is 0 Å². The maximum absolute atomic E-state index is 2.40. The fraction of sp³-hybridized carbons (Fsp3) is 0.429. The van der Waals surface area contributed by atoms with Crippen molar-refractivity contribution in [1.82, 2.24) is 4.57 Å². The Labute approximate surface area is 135 Å². The molecule has 1 aromatic heterocycles. The van der Waals surface area contributed by atoms with Crippen molar-refractivity contribution >= 4 is 10.9 Å². The van der Waals surface area contributed by atoms with Crippen molar-refractivity contribution in [2.45, 2.75) is 53.5 Å². The zero-order valence-electron chi connectivity index (χ0n) is 14.5. The van der Waals surface area contributed by atoms with Gasteiger partial charge in [0, 0.05) is 18.3 Å². The van der Waals surface area contributed by atoms with Gasteiger partial charge in [-0.25, -0.2) is 0 Å². The number of rotatable bonds is 7. The van der Waals surface area contributed by atoms with Crippen molar-refractivity contribution in [3.8, 4) is 0 Å². The van der Waals surface area contributed by atoms with Crippen LogP contribution in [0.3, 0.4) is 0 Å². The summed E-state index contributed by atoms with van der Waals surface area (Å²) in [7, 11) is 0. The third-order valence-electron chi connectivity index (χ3n) is 4.07. The van der Waals surface area contributed by atoms with Gasteiger partial charge in [-0.05, 0) is 56.5 Å². The summed E-state index contributed by atoms with van der Waals surface area (Å²) in [5.41, 5.74) is 4.28. The molecule has 1 aromatic carbocycles. The fourth-order valence-corrected chi connectivity index (χ4v) is 2.70. The molecule has 0 aliphatic heterocycles. The molecule has 0 aliphatic carbocycles. The molecule has 0 spiro atoms. The Hall–Kier alpha value is -1.76. The minimum absolute atomic E-state index is 0.759. The van der Waals surface area contributed by atoms with Gasteiger partial charge in [0.05, 0.1) is 0 Å². The van der Waals surface area contributed by atoms with E-state index in [1.807, 2.05) is 0 Å². The van der Waals surface area contributed by atoms with Crippen LogP contribution in [0.15, 0.2) is 59.8 Å². The number of hydrogen-bond acceptors (Lipinski definition) is 0. The van der Waals surface area contributed by atoms with Gasteiger partial charge in [-0.2, -0.15) is 0 Å². The van der Waals surface area contributed by atoms with E-state index in [1.54, 1.807) is 0 Å².